The summed E-state index contributed by atoms with van der Waals surface area (Å²) in [6.07, 6.45) is 7.18. The maximum atomic E-state index is 12.9. The molecule has 0 bridgehead atoms. The number of nitrogens with zero attached hydrogens (tertiary/aromatic N) is 1. The number of carbonyl (C=O) groups excluding carboxylic acids is 1. The van der Waals surface area contributed by atoms with Gasteiger partial charge in [-0.3, -0.25) is 9.10 Å². The Bertz CT molecular complexity index is 967. The zero-order chi connectivity index (χ0) is 22.3. The molecule has 0 heterocycles. The molecule has 2 aromatic carbocycles. The molecule has 2 aromatic rings. The van der Waals surface area contributed by atoms with Crippen LogP contribution in [0.2, 0.25) is 0 Å². The first kappa shape index (κ1) is 23.3. The lowest BCUT2D eigenvalue weighted by atomic mass is 9.98. The Kier molecular flexibility index (Phi) is 8.09. The lowest BCUT2D eigenvalue weighted by Crippen LogP contribution is -2.28. The van der Waals surface area contributed by atoms with Gasteiger partial charge in [-0.1, -0.05) is 43.0 Å². The van der Waals surface area contributed by atoms with Gasteiger partial charge >= 0.3 is 0 Å². The summed E-state index contributed by atoms with van der Waals surface area (Å²) in [4.78, 5) is 12.7. The summed E-state index contributed by atoms with van der Waals surface area (Å²) in [5.74, 6) is -0.222. The van der Waals surface area contributed by atoms with Crippen LogP contribution >= 0.6 is 0 Å². The molecule has 1 aliphatic rings. The molecule has 0 unspecified atom stereocenters. The van der Waals surface area contributed by atoms with Crippen LogP contribution < -0.4 is 9.62 Å². The van der Waals surface area contributed by atoms with E-state index in [0.29, 0.717) is 30.5 Å². The zero-order valence-corrected chi connectivity index (χ0v) is 19.2. The topological polar surface area (TPSA) is 75.7 Å². The van der Waals surface area contributed by atoms with E-state index in [-0.39, 0.29) is 10.8 Å². The van der Waals surface area contributed by atoms with Crippen LogP contribution in [-0.2, 0) is 14.8 Å². The minimum atomic E-state index is -3.70. The van der Waals surface area contributed by atoms with E-state index in [9.17, 15) is 13.2 Å². The number of ether oxygens (including phenoxy) is 1. The summed E-state index contributed by atoms with van der Waals surface area (Å²) < 4.78 is 32.9. The number of nitrogens with one attached hydrogen (secondary N) is 1. The number of sulfonamides is 1. The highest BCUT2D eigenvalue weighted by Crippen LogP contribution is 2.23. The van der Waals surface area contributed by atoms with Gasteiger partial charge in [0.15, 0.2) is 0 Å². The summed E-state index contributed by atoms with van der Waals surface area (Å²) in [5, 5.41) is 2.89. The van der Waals surface area contributed by atoms with Crippen LogP contribution in [0.15, 0.2) is 53.4 Å². The zero-order valence-electron chi connectivity index (χ0n) is 18.3. The number of anilines is 1. The fourth-order valence-electron chi connectivity index (χ4n) is 3.71. The molecule has 168 valence electrons. The number of rotatable bonds is 9. The second-order valence-corrected chi connectivity index (χ2v) is 10.0. The minimum absolute atomic E-state index is 0.216. The van der Waals surface area contributed by atoms with Crippen molar-refractivity contribution in [3.05, 3.63) is 59.7 Å². The van der Waals surface area contributed by atoms with Gasteiger partial charge in [-0.15, -0.1) is 0 Å². The first-order valence-corrected chi connectivity index (χ1v) is 12.4. The van der Waals surface area contributed by atoms with Gasteiger partial charge in [0.1, 0.15) is 0 Å². The first-order chi connectivity index (χ1) is 14.9. The van der Waals surface area contributed by atoms with Gasteiger partial charge in [0.2, 0.25) is 0 Å². The molecule has 1 fully saturated rings. The Labute approximate surface area is 185 Å². The molecule has 0 aromatic heterocycles. The lowest BCUT2D eigenvalue weighted by Gasteiger charge is -2.22. The average molecular weight is 445 g/mol. The summed E-state index contributed by atoms with van der Waals surface area (Å²) >= 11 is 0. The molecule has 0 spiro atoms. The van der Waals surface area contributed by atoms with Crippen LogP contribution in [0.4, 0.5) is 5.69 Å². The van der Waals surface area contributed by atoms with Crippen molar-refractivity contribution < 1.29 is 17.9 Å². The highest BCUT2D eigenvalue weighted by molar-refractivity contribution is 7.92. The van der Waals surface area contributed by atoms with E-state index in [1.54, 1.807) is 48.5 Å². The molecule has 1 amide bonds. The van der Waals surface area contributed by atoms with Crippen LogP contribution in [0.3, 0.4) is 0 Å². The number of benzene rings is 2. The molecule has 31 heavy (non-hydrogen) atoms. The third-order valence-corrected chi connectivity index (χ3v) is 7.46. The Hall–Kier alpha value is -2.38. The van der Waals surface area contributed by atoms with Gasteiger partial charge in [0.25, 0.3) is 15.9 Å². The Morgan fingerprint density at radius 2 is 1.81 bits per heavy atom. The average Bonchev–Trinajstić information content (AvgIpc) is 2.79. The summed E-state index contributed by atoms with van der Waals surface area (Å²) in [6.45, 7) is 3.07. The molecular formula is C24H32N2O4S. The fourth-order valence-corrected chi connectivity index (χ4v) is 4.90. The van der Waals surface area contributed by atoms with Gasteiger partial charge < -0.3 is 10.1 Å². The summed E-state index contributed by atoms with van der Waals surface area (Å²) in [5.41, 5.74) is 1.86. The molecule has 0 atom stereocenters. The van der Waals surface area contributed by atoms with Crippen molar-refractivity contribution in [3.8, 4) is 0 Å². The predicted molar refractivity (Wildman–Crippen MR) is 123 cm³/mol. The van der Waals surface area contributed by atoms with Crippen LogP contribution in [0.25, 0.3) is 0 Å². The third-order valence-electron chi connectivity index (χ3n) is 5.66. The van der Waals surface area contributed by atoms with Gasteiger partial charge in [-0.2, -0.15) is 0 Å². The van der Waals surface area contributed by atoms with E-state index in [0.717, 1.165) is 24.8 Å². The normalized spacial score (nSPS) is 14.9. The van der Waals surface area contributed by atoms with Crippen molar-refractivity contribution in [3.63, 3.8) is 0 Å². The quantitative estimate of drug-likeness (QED) is 0.586. The Balaban J connectivity index is 1.54. The van der Waals surface area contributed by atoms with Crippen molar-refractivity contribution in [2.75, 3.05) is 24.5 Å². The molecule has 1 saturated carbocycles. The summed E-state index contributed by atoms with van der Waals surface area (Å²) in [7, 11) is -2.21. The Morgan fingerprint density at radius 1 is 1.10 bits per heavy atom. The smallest absolute Gasteiger partial charge is 0.264 e. The molecular weight excluding hydrogens is 412 g/mol. The second kappa shape index (κ2) is 10.8. The van der Waals surface area contributed by atoms with Gasteiger partial charge in [-0.25, -0.2) is 8.42 Å². The highest BCUT2D eigenvalue weighted by Gasteiger charge is 2.22. The number of aryl methyl sites for hydroxylation is 1. The van der Waals surface area contributed by atoms with Crippen LogP contribution in [0, 0.1) is 6.92 Å². The van der Waals surface area contributed by atoms with E-state index in [4.69, 9.17) is 4.74 Å². The SMILES string of the molecule is Cc1ccc(S(=O)(=O)N(C)c2cccc(C(=O)NCCCOC3CCCCC3)c2)cc1. The van der Waals surface area contributed by atoms with Crippen LogP contribution in [-0.4, -0.2) is 40.6 Å². The van der Waals surface area contributed by atoms with Gasteiger partial charge in [0, 0.05) is 25.8 Å². The minimum Gasteiger partial charge on any atom is -0.378 e. The van der Waals surface area contributed by atoms with Crippen LogP contribution in [0.5, 0.6) is 0 Å². The number of hydrogen-bond donors (Lipinski definition) is 1. The molecule has 1 N–H and O–H groups in total. The molecule has 0 radical (unpaired) electrons. The third kappa shape index (κ3) is 6.31. The van der Waals surface area contributed by atoms with Gasteiger partial charge in [-0.05, 0) is 56.5 Å². The number of hydrogen-bond acceptors (Lipinski definition) is 4. The number of carbonyl (C=O) groups is 1. The van der Waals surface area contributed by atoms with Crippen molar-refractivity contribution in [2.45, 2.75) is 56.4 Å². The van der Waals surface area contributed by atoms with E-state index >= 15 is 0 Å². The molecule has 0 aliphatic heterocycles. The molecule has 1 aliphatic carbocycles. The first-order valence-electron chi connectivity index (χ1n) is 10.9. The second-order valence-electron chi connectivity index (χ2n) is 8.08. The van der Waals surface area contributed by atoms with E-state index < -0.39 is 10.0 Å². The van der Waals surface area contributed by atoms with E-state index in [2.05, 4.69) is 5.32 Å². The standard InChI is InChI=1S/C24H32N2O4S/c1-19-12-14-23(15-13-19)31(28,29)26(2)21-9-6-8-20(18-21)24(27)25-16-7-17-30-22-10-4-3-5-11-22/h6,8-9,12-15,18,22H,3-5,7,10-11,16-17H2,1-2H3,(H,25,27). The highest BCUT2D eigenvalue weighted by atomic mass is 32.2. The number of amides is 1. The van der Waals surface area contributed by atoms with E-state index in [1.165, 1.54) is 30.6 Å². The maximum Gasteiger partial charge on any atom is 0.264 e. The summed E-state index contributed by atoms with van der Waals surface area (Å²) in [6, 6.07) is 13.4. The predicted octanol–water partition coefficient (Wildman–Crippen LogP) is 4.29. The van der Waals surface area contributed by atoms with Crippen molar-refractivity contribution in [1.29, 1.82) is 0 Å². The van der Waals surface area contributed by atoms with Gasteiger partial charge in [0.05, 0.1) is 16.7 Å². The van der Waals surface area contributed by atoms with Crippen molar-refractivity contribution in [1.82, 2.24) is 5.32 Å². The lowest BCUT2D eigenvalue weighted by molar-refractivity contribution is 0.0273. The molecule has 6 nitrogen and oxygen atoms in total. The molecule has 7 heteroatoms. The maximum absolute atomic E-state index is 12.9. The Morgan fingerprint density at radius 3 is 2.52 bits per heavy atom. The largest absolute Gasteiger partial charge is 0.378 e. The molecule has 3 rings (SSSR count). The van der Waals surface area contributed by atoms with E-state index in [1.807, 2.05) is 6.92 Å². The van der Waals surface area contributed by atoms with Crippen molar-refractivity contribution in [2.24, 2.45) is 0 Å². The molecule has 0 saturated heterocycles. The fraction of sp³-hybridized carbons (Fsp3) is 0.458. The van der Waals surface area contributed by atoms with Crippen molar-refractivity contribution >= 4 is 21.6 Å². The monoisotopic (exact) mass is 444 g/mol. The van der Waals surface area contributed by atoms with Crippen LogP contribution in [0.1, 0.15) is 54.4 Å².